The van der Waals surface area contributed by atoms with Crippen LogP contribution in [0.25, 0.3) is 0 Å². The molecule has 0 fully saturated rings. The first-order chi connectivity index (χ1) is 8.54. The van der Waals surface area contributed by atoms with Gasteiger partial charge in [0.15, 0.2) is 0 Å². The molecule has 1 aromatic rings. The molecule has 0 aliphatic rings. The molecule has 0 saturated carbocycles. The van der Waals surface area contributed by atoms with Crippen LogP contribution >= 0.6 is 15.9 Å². The van der Waals surface area contributed by atoms with Crippen LogP contribution in [0.5, 0.6) is 0 Å². The highest BCUT2D eigenvalue weighted by atomic mass is 79.9. The molecular formula is C11H11BrN2O4. The third-order valence-corrected chi connectivity index (χ3v) is 2.44. The average molecular weight is 315 g/mol. The summed E-state index contributed by atoms with van der Waals surface area (Å²) in [7, 11) is 0. The minimum atomic E-state index is -0.502. The second-order valence-electron chi connectivity index (χ2n) is 3.24. The number of aliphatic imine (C=N–C) groups is 1. The summed E-state index contributed by atoms with van der Waals surface area (Å²) in [6.07, 6.45) is 1.29. The molecule has 18 heavy (non-hydrogen) atoms. The summed E-state index contributed by atoms with van der Waals surface area (Å²) in [6.45, 7) is 1.82. The van der Waals surface area contributed by atoms with Crippen molar-refractivity contribution in [3.63, 3.8) is 0 Å². The lowest BCUT2D eigenvalue weighted by molar-refractivity contribution is -0.385. The van der Waals surface area contributed by atoms with Crippen molar-refractivity contribution in [2.75, 3.05) is 13.2 Å². The van der Waals surface area contributed by atoms with Crippen LogP contribution in [0, 0.1) is 10.1 Å². The molecule has 7 heteroatoms. The van der Waals surface area contributed by atoms with E-state index in [1.165, 1.54) is 12.3 Å². The minimum absolute atomic E-state index is 0.0641. The van der Waals surface area contributed by atoms with E-state index in [0.29, 0.717) is 10.0 Å². The topological polar surface area (TPSA) is 81.8 Å². The van der Waals surface area contributed by atoms with E-state index in [4.69, 9.17) is 0 Å². The van der Waals surface area contributed by atoms with Crippen molar-refractivity contribution in [3.05, 3.63) is 38.3 Å². The van der Waals surface area contributed by atoms with Gasteiger partial charge in [-0.15, -0.1) is 0 Å². The van der Waals surface area contributed by atoms with E-state index in [0.717, 1.165) is 0 Å². The van der Waals surface area contributed by atoms with Gasteiger partial charge in [-0.3, -0.25) is 19.9 Å². The summed E-state index contributed by atoms with van der Waals surface area (Å²) in [5.74, 6) is -0.466. The molecule has 0 aliphatic carbocycles. The summed E-state index contributed by atoms with van der Waals surface area (Å²) in [5, 5.41) is 10.8. The first-order valence-corrected chi connectivity index (χ1v) is 5.93. The van der Waals surface area contributed by atoms with Crippen molar-refractivity contribution in [1.29, 1.82) is 0 Å². The third kappa shape index (κ3) is 4.25. The van der Waals surface area contributed by atoms with Gasteiger partial charge in [0.25, 0.3) is 5.69 Å². The van der Waals surface area contributed by atoms with Crippen molar-refractivity contribution >= 4 is 33.8 Å². The number of nitro benzene ring substituents is 1. The van der Waals surface area contributed by atoms with Gasteiger partial charge in [-0.1, -0.05) is 15.9 Å². The van der Waals surface area contributed by atoms with Gasteiger partial charge in [0, 0.05) is 16.8 Å². The maximum atomic E-state index is 11.0. The van der Waals surface area contributed by atoms with E-state index >= 15 is 0 Å². The van der Waals surface area contributed by atoms with Crippen molar-refractivity contribution in [2.24, 2.45) is 4.99 Å². The van der Waals surface area contributed by atoms with Crippen LogP contribution in [0.3, 0.4) is 0 Å². The van der Waals surface area contributed by atoms with Crippen LogP contribution in [0.2, 0.25) is 0 Å². The molecule has 1 rings (SSSR count). The van der Waals surface area contributed by atoms with Gasteiger partial charge in [-0.05, 0) is 19.1 Å². The van der Waals surface area contributed by atoms with Gasteiger partial charge in [0.1, 0.15) is 6.54 Å². The minimum Gasteiger partial charge on any atom is -0.465 e. The van der Waals surface area contributed by atoms with Gasteiger partial charge >= 0.3 is 5.97 Å². The van der Waals surface area contributed by atoms with E-state index in [9.17, 15) is 14.9 Å². The van der Waals surface area contributed by atoms with Gasteiger partial charge in [0.2, 0.25) is 0 Å². The first kappa shape index (κ1) is 14.3. The Morgan fingerprint density at radius 2 is 2.33 bits per heavy atom. The Hall–Kier alpha value is -1.76. The Bertz CT molecular complexity index is 488. The fraction of sp³-hybridized carbons (Fsp3) is 0.273. The van der Waals surface area contributed by atoms with Crippen LogP contribution in [0.1, 0.15) is 12.5 Å². The van der Waals surface area contributed by atoms with Crippen LogP contribution in [0.15, 0.2) is 27.7 Å². The highest BCUT2D eigenvalue weighted by Crippen LogP contribution is 2.21. The fourth-order valence-electron chi connectivity index (χ4n) is 1.22. The van der Waals surface area contributed by atoms with E-state index in [2.05, 4.69) is 25.7 Å². The number of carbonyl (C=O) groups excluding carboxylic acids is 1. The molecule has 0 aromatic heterocycles. The highest BCUT2D eigenvalue weighted by molar-refractivity contribution is 9.10. The van der Waals surface area contributed by atoms with Crippen molar-refractivity contribution in [3.8, 4) is 0 Å². The van der Waals surface area contributed by atoms with Crippen LogP contribution < -0.4 is 0 Å². The Morgan fingerprint density at radius 3 is 2.94 bits per heavy atom. The van der Waals surface area contributed by atoms with Gasteiger partial charge in [0.05, 0.1) is 17.1 Å². The molecule has 0 unspecified atom stereocenters. The van der Waals surface area contributed by atoms with Gasteiger partial charge in [-0.25, -0.2) is 0 Å². The van der Waals surface area contributed by atoms with Crippen LogP contribution in [-0.4, -0.2) is 30.3 Å². The summed E-state index contributed by atoms with van der Waals surface area (Å²) in [6, 6.07) is 4.50. The van der Waals surface area contributed by atoms with E-state index in [1.807, 2.05) is 0 Å². The molecule has 96 valence electrons. The number of hydrogen-bond acceptors (Lipinski definition) is 5. The van der Waals surface area contributed by atoms with E-state index in [1.54, 1.807) is 19.1 Å². The molecule has 0 heterocycles. The average Bonchev–Trinajstić information content (AvgIpc) is 2.29. The molecule has 0 saturated heterocycles. The predicted molar refractivity (Wildman–Crippen MR) is 69.9 cm³/mol. The lowest BCUT2D eigenvalue weighted by Gasteiger charge is -1.99. The number of hydrogen-bond donors (Lipinski definition) is 0. The molecule has 0 amide bonds. The molecule has 6 nitrogen and oxygen atoms in total. The van der Waals surface area contributed by atoms with E-state index < -0.39 is 10.9 Å². The predicted octanol–water partition coefficient (Wildman–Crippen LogP) is 2.34. The number of benzene rings is 1. The summed E-state index contributed by atoms with van der Waals surface area (Å²) < 4.78 is 5.39. The number of esters is 1. The van der Waals surface area contributed by atoms with E-state index in [-0.39, 0.29) is 18.8 Å². The molecule has 0 spiro atoms. The second kappa shape index (κ2) is 6.85. The number of halogens is 1. The summed E-state index contributed by atoms with van der Waals surface area (Å²) >= 11 is 3.22. The van der Waals surface area contributed by atoms with Crippen molar-refractivity contribution in [1.82, 2.24) is 0 Å². The highest BCUT2D eigenvalue weighted by Gasteiger charge is 2.11. The third-order valence-electron chi connectivity index (χ3n) is 1.94. The number of nitro groups is 1. The molecule has 0 aliphatic heterocycles. The van der Waals surface area contributed by atoms with Gasteiger partial charge < -0.3 is 4.74 Å². The first-order valence-electron chi connectivity index (χ1n) is 5.14. The van der Waals surface area contributed by atoms with Crippen molar-refractivity contribution < 1.29 is 14.5 Å². The monoisotopic (exact) mass is 314 g/mol. The zero-order valence-corrected chi connectivity index (χ0v) is 11.2. The molecular weight excluding hydrogens is 304 g/mol. The summed E-state index contributed by atoms with van der Waals surface area (Å²) in [5.41, 5.74) is 0.268. The number of carbonyl (C=O) groups is 1. The largest absolute Gasteiger partial charge is 0.465 e. The standard InChI is InChI=1S/C11H11BrN2O4/c1-2-18-11(15)7-13-6-8-5-9(12)3-4-10(8)14(16)17/h3-6H,2,7H2,1H3. The van der Waals surface area contributed by atoms with Crippen molar-refractivity contribution in [2.45, 2.75) is 6.92 Å². The zero-order chi connectivity index (χ0) is 13.5. The second-order valence-corrected chi connectivity index (χ2v) is 4.15. The maximum Gasteiger partial charge on any atom is 0.327 e. The lowest BCUT2D eigenvalue weighted by Crippen LogP contribution is -2.07. The zero-order valence-electron chi connectivity index (χ0n) is 9.63. The lowest BCUT2D eigenvalue weighted by atomic mass is 10.2. The Kier molecular flexibility index (Phi) is 5.44. The number of rotatable bonds is 5. The molecule has 0 bridgehead atoms. The molecule has 0 N–H and O–H groups in total. The normalized spacial score (nSPS) is 10.6. The Labute approximate surface area is 112 Å². The molecule has 0 atom stereocenters. The maximum absolute atomic E-state index is 11.0. The van der Waals surface area contributed by atoms with Crippen LogP contribution in [0.4, 0.5) is 5.69 Å². The molecule has 1 aromatic carbocycles. The smallest absolute Gasteiger partial charge is 0.327 e. The molecule has 0 radical (unpaired) electrons. The van der Waals surface area contributed by atoms with Crippen LogP contribution in [-0.2, 0) is 9.53 Å². The Balaban J connectivity index is 2.82. The summed E-state index contributed by atoms with van der Waals surface area (Å²) in [4.78, 5) is 25.1. The fourth-order valence-corrected chi connectivity index (χ4v) is 1.60. The Morgan fingerprint density at radius 1 is 1.61 bits per heavy atom. The SMILES string of the molecule is CCOC(=O)CN=Cc1cc(Br)ccc1[N+](=O)[O-]. The number of nitrogens with zero attached hydrogens (tertiary/aromatic N) is 2. The van der Waals surface area contributed by atoms with Gasteiger partial charge in [-0.2, -0.15) is 0 Å². The number of ether oxygens (including phenoxy) is 1. The quantitative estimate of drug-likeness (QED) is 0.361.